The second kappa shape index (κ2) is 11.2. The average molecular weight is 489 g/mol. The second-order valence-corrected chi connectivity index (χ2v) is 9.68. The number of urea groups is 1. The lowest BCUT2D eigenvalue weighted by Crippen LogP contribution is -2.55. The number of amides is 3. The van der Waals surface area contributed by atoms with Crippen molar-refractivity contribution in [1.82, 2.24) is 14.7 Å². The van der Waals surface area contributed by atoms with E-state index >= 15 is 0 Å². The van der Waals surface area contributed by atoms with Crippen LogP contribution in [0.3, 0.4) is 0 Å². The SMILES string of the molecule is O=C1CN(C(=O)Nc2ccc(Cl)c(Cl)c2)CCN1C[C@H]1CCCN(CCc2ccccc2)C1. The minimum absolute atomic E-state index is 0.00643. The predicted molar refractivity (Wildman–Crippen MR) is 133 cm³/mol. The molecule has 8 heteroatoms. The number of piperidine rings is 1. The van der Waals surface area contributed by atoms with Gasteiger partial charge in [-0.15, -0.1) is 0 Å². The number of hydrogen-bond acceptors (Lipinski definition) is 3. The highest BCUT2D eigenvalue weighted by Gasteiger charge is 2.30. The van der Waals surface area contributed by atoms with Crippen molar-refractivity contribution in [2.45, 2.75) is 19.3 Å². The first-order valence-electron chi connectivity index (χ1n) is 11.5. The van der Waals surface area contributed by atoms with Crippen LogP contribution < -0.4 is 5.32 Å². The van der Waals surface area contributed by atoms with E-state index in [0.29, 0.717) is 34.7 Å². The number of hydrogen-bond donors (Lipinski definition) is 1. The maximum absolute atomic E-state index is 12.8. The van der Waals surface area contributed by atoms with Crippen molar-refractivity contribution in [2.75, 3.05) is 51.1 Å². The zero-order chi connectivity index (χ0) is 23.2. The van der Waals surface area contributed by atoms with Gasteiger partial charge >= 0.3 is 6.03 Å². The van der Waals surface area contributed by atoms with Gasteiger partial charge in [-0.25, -0.2) is 4.79 Å². The van der Waals surface area contributed by atoms with Gasteiger partial charge < -0.3 is 20.0 Å². The van der Waals surface area contributed by atoms with E-state index in [1.807, 2.05) is 11.0 Å². The number of carbonyl (C=O) groups excluding carboxylic acids is 2. The molecule has 0 spiro atoms. The standard InChI is InChI=1S/C25H30Cl2N4O2/c26-22-9-8-21(15-23(22)27)28-25(33)31-14-13-30(24(32)18-31)17-20-7-4-11-29(16-20)12-10-19-5-2-1-3-6-19/h1-3,5-6,8-9,15,20H,4,7,10-14,16-18H2,(H,28,33)/t20-/m0/s1. The Morgan fingerprint density at radius 3 is 2.61 bits per heavy atom. The van der Waals surface area contributed by atoms with Crippen LogP contribution in [0, 0.1) is 5.92 Å². The van der Waals surface area contributed by atoms with E-state index in [1.54, 1.807) is 23.1 Å². The molecule has 3 amide bonds. The summed E-state index contributed by atoms with van der Waals surface area (Å²) in [5, 5.41) is 3.60. The van der Waals surface area contributed by atoms with Crippen LogP contribution in [0.5, 0.6) is 0 Å². The zero-order valence-corrected chi connectivity index (χ0v) is 20.2. The van der Waals surface area contributed by atoms with E-state index in [9.17, 15) is 9.59 Å². The molecule has 0 unspecified atom stereocenters. The number of rotatable bonds is 6. The number of anilines is 1. The number of piperazine rings is 1. The van der Waals surface area contributed by atoms with E-state index in [2.05, 4.69) is 34.5 Å². The van der Waals surface area contributed by atoms with Gasteiger partial charge in [0.05, 0.1) is 10.0 Å². The highest BCUT2D eigenvalue weighted by Crippen LogP contribution is 2.25. The number of carbonyl (C=O) groups is 2. The van der Waals surface area contributed by atoms with Crippen molar-refractivity contribution < 1.29 is 9.59 Å². The van der Waals surface area contributed by atoms with Crippen LogP contribution in [-0.4, -0.2) is 72.5 Å². The molecule has 176 valence electrons. The van der Waals surface area contributed by atoms with Crippen molar-refractivity contribution >= 4 is 40.8 Å². The summed E-state index contributed by atoms with van der Waals surface area (Å²) in [6.45, 7) is 5.15. The third-order valence-electron chi connectivity index (χ3n) is 6.42. The third-order valence-corrected chi connectivity index (χ3v) is 7.16. The molecule has 33 heavy (non-hydrogen) atoms. The first-order chi connectivity index (χ1) is 16.0. The smallest absolute Gasteiger partial charge is 0.322 e. The van der Waals surface area contributed by atoms with Crippen molar-refractivity contribution in [3.63, 3.8) is 0 Å². The van der Waals surface area contributed by atoms with Crippen molar-refractivity contribution in [1.29, 1.82) is 0 Å². The summed E-state index contributed by atoms with van der Waals surface area (Å²) in [6, 6.07) is 15.2. The van der Waals surface area contributed by atoms with Gasteiger partial charge in [0.2, 0.25) is 5.91 Å². The summed E-state index contributed by atoms with van der Waals surface area (Å²) >= 11 is 11.9. The van der Waals surface area contributed by atoms with Gasteiger partial charge in [0.15, 0.2) is 0 Å². The highest BCUT2D eigenvalue weighted by molar-refractivity contribution is 6.42. The molecule has 2 aliphatic heterocycles. The lowest BCUT2D eigenvalue weighted by atomic mass is 9.96. The highest BCUT2D eigenvalue weighted by atomic mass is 35.5. The Labute approximate surface area is 205 Å². The number of nitrogens with zero attached hydrogens (tertiary/aromatic N) is 3. The fourth-order valence-electron chi connectivity index (χ4n) is 4.60. The maximum Gasteiger partial charge on any atom is 0.322 e. The lowest BCUT2D eigenvalue weighted by Gasteiger charge is -2.39. The van der Waals surface area contributed by atoms with Gasteiger partial charge in [-0.1, -0.05) is 53.5 Å². The molecule has 2 heterocycles. The van der Waals surface area contributed by atoms with Crippen LogP contribution in [0.25, 0.3) is 0 Å². The zero-order valence-electron chi connectivity index (χ0n) is 18.7. The number of likely N-dealkylation sites (tertiary alicyclic amines) is 1. The van der Waals surface area contributed by atoms with Crippen LogP contribution in [0.1, 0.15) is 18.4 Å². The van der Waals surface area contributed by atoms with Crippen LogP contribution >= 0.6 is 23.2 Å². The van der Waals surface area contributed by atoms with Crippen molar-refractivity contribution in [3.8, 4) is 0 Å². The largest absolute Gasteiger partial charge is 0.339 e. The van der Waals surface area contributed by atoms with Gasteiger partial charge in [-0.05, 0) is 55.5 Å². The molecule has 0 aliphatic carbocycles. The summed E-state index contributed by atoms with van der Waals surface area (Å²) in [4.78, 5) is 31.4. The Balaban J connectivity index is 1.23. The first-order valence-corrected chi connectivity index (χ1v) is 12.3. The molecule has 6 nitrogen and oxygen atoms in total. The molecule has 2 saturated heterocycles. The van der Waals surface area contributed by atoms with E-state index in [1.165, 1.54) is 12.0 Å². The predicted octanol–water partition coefficient (Wildman–Crippen LogP) is 4.62. The number of nitrogens with one attached hydrogen (secondary N) is 1. The number of halogens is 2. The molecular formula is C25H30Cl2N4O2. The Bertz CT molecular complexity index is 972. The molecule has 0 radical (unpaired) electrons. The monoisotopic (exact) mass is 488 g/mol. The molecule has 4 rings (SSSR count). The van der Waals surface area contributed by atoms with Crippen LogP contribution in [0.4, 0.5) is 10.5 Å². The summed E-state index contributed by atoms with van der Waals surface area (Å²) in [7, 11) is 0. The van der Waals surface area contributed by atoms with E-state index < -0.39 is 0 Å². The van der Waals surface area contributed by atoms with Crippen LogP contribution in [0.15, 0.2) is 48.5 Å². The Morgan fingerprint density at radius 2 is 1.85 bits per heavy atom. The third kappa shape index (κ3) is 6.62. The Morgan fingerprint density at radius 1 is 1.03 bits per heavy atom. The number of benzene rings is 2. The van der Waals surface area contributed by atoms with E-state index in [0.717, 1.165) is 39.0 Å². The summed E-state index contributed by atoms with van der Waals surface area (Å²) in [5.41, 5.74) is 1.92. The van der Waals surface area contributed by atoms with Crippen molar-refractivity contribution in [3.05, 3.63) is 64.1 Å². The topological polar surface area (TPSA) is 55.9 Å². The molecular weight excluding hydrogens is 459 g/mol. The van der Waals surface area contributed by atoms with Crippen molar-refractivity contribution in [2.24, 2.45) is 5.92 Å². The Hall–Kier alpha value is -2.28. The van der Waals surface area contributed by atoms with E-state index in [-0.39, 0.29) is 18.5 Å². The van der Waals surface area contributed by atoms with E-state index in [4.69, 9.17) is 23.2 Å². The quantitative estimate of drug-likeness (QED) is 0.644. The van der Waals surface area contributed by atoms with Crippen LogP contribution in [0.2, 0.25) is 10.0 Å². The summed E-state index contributed by atoms with van der Waals surface area (Å²) in [5.74, 6) is 0.488. The average Bonchev–Trinajstić information content (AvgIpc) is 2.82. The fourth-order valence-corrected chi connectivity index (χ4v) is 4.90. The minimum atomic E-state index is -0.300. The molecule has 2 aromatic carbocycles. The lowest BCUT2D eigenvalue weighted by molar-refractivity contribution is -0.135. The van der Waals surface area contributed by atoms with Gasteiger partial charge in [0, 0.05) is 38.4 Å². The molecule has 2 fully saturated rings. The molecule has 1 N–H and O–H groups in total. The fraction of sp³-hybridized carbons (Fsp3) is 0.440. The normalized spacial score (nSPS) is 19.6. The maximum atomic E-state index is 12.8. The molecule has 2 aliphatic rings. The molecule has 0 bridgehead atoms. The first kappa shape index (κ1) is 23.9. The Kier molecular flexibility index (Phi) is 8.12. The van der Waals surface area contributed by atoms with Gasteiger partial charge in [0.1, 0.15) is 6.54 Å². The minimum Gasteiger partial charge on any atom is -0.339 e. The second-order valence-electron chi connectivity index (χ2n) is 8.86. The van der Waals surface area contributed by atoms with Crippen LogP contribution in [-0.2, 0) is 11.2 Å². The molecule has 0 aromatic heterocycles. The van der Waals surface area contributed by atoms with Gasteiger partial charge in [-0.2, -0.15) is 0 Å². The summed E-state index contributed by atoms with van der Waals surface area (Å²) in [6.07, 6.45) is 3.37. The van der Waals surface area contributed by atoms with Gasteiger partial charge in [-0.3, -0.25) is 4.79 Å². The molecule has 0 saturated carbocycles. The van der Waals surface area contributed by atoms with Gasteiger partial charge in [0.25, 0.3) is 0 Å². The molecule has 2 aromatic rings. The molecule has 1 atom stereocenters. The summed E-state index contributed by atoms with van der Waals surface area (Å²) < 4.78 is 0.